The van der Waals surface area contributed by atoms with Crippen molar-refractivity contribution in [2.24, 2.45) is 0 Å². The number of rotatable bonds is 5. The molecule has 4 aromatic rings. The third kappa shape index (κ3) is 3.74. The van der Waals surface area contributed by atoms with Crippen LogP contribution in [0.3, 0.4) is 0 Å². The molecule has 1 aliphatic heterocycles. The van der Waals surface area contributed by atoms with Crippen LogP contribution in [0.15, 0.2) is 54.6 Å². The molecule has 3 heterocycles. The molecular formula is C28H33N5S. The predicted octanol–water partition coefficient (Wildman–Crippen LogP) is 7.03. The van der Waals surface area contributed by atoms with Gasteiger partial charge in [0.15, 0.2) is 5.01 Å². The van der Waals surface area contributed by atoms with Crippen molar-refractivity contribution in [2.75, 3.05) is 5.32 Å². The van der Waals surface area contributed by atoms with Gasteiger partial charge >= 0.3 is 0 Å². The van der Waals surface area contributed by atoms with Gasteiger partial charge in [-0.05, 0) is 58.6 Å². The normalized spacial score (nSPS) is 18.7. The van der Waals surface area contributed by atoms with Gasteiger partial charge in [0.1, 0.15) is 10.8 Å². The average molecular weight is 472 g/mol. The second-order valence-electron chi connectivity index (χ2n) is 10.3. The van der Waals surface area contributed by atoms with Crippen LogP contribution >= 0.6 is 11.3 Å². The Morgan fingerprint density at radius 2 is 1.76 bits per heavy atom. The zero-order chi connectivity index (χ0) is 24.1. The van der Waals surface area contributed by atoms with E-state index in [4.69, 9.17) is 15.3 Å². The van der Waals surface area contributed by atoms with E-state index in [1.165, 1.54) is 16.7 Å². The Balaban J connectivity index is 1.57. The number of hydrogen-bond donors (Lipinski definition) is 1. The molecule has 1 aliphatic rings. The molecule has 0 bridgehead atoms. The maximum absolute atomic E-state index is 4.96. The molecule has 0 fully saturated rings. The Morgan fingerprint density at radius 3 is 2.44 bits per heavy atom. The minimum atomic E-state index is -0.177. The van der Waals surface area contributed by atoms with Gasteiger partial charge in [-0.3, -0.25) is 0 Å². The molecule has 0 saturated heterocycles. The van der Waals surface area contributed by atoms with E-state index in [9.17, 15) is 0 Å². The molecule has 2 atom stereocenters. The Hall–Kier alpha value is -2.99. The summed E-state index contributed by atoms with van der Waals surface area (Å²) in [5.41, 5.74) is 5.61. The van der Waals surface area contributed by atoms with Crippen molar-refractivity contribution >= 4 is 17.2 Å². The van der Waals surface area contributed by atoms with Crippen LogP contribution in [0, 0.1) is 13.8 Å². The average Bonchev–Trinajstić information content (AvgIpc) is 3.44. The number of nitrogens with one attached hydrogen (secondary N) is 1. The summed E-state index contributed by atoms with van der Waals surface area (Å²) >= 11 is 1.69. The van der Waals surface area contributed by atoms with Gasteiger partial charge in [-0.1, -0.05) is 78.4 Å². The van der Waals surface area contributed by atoms with E-state index < -0.39 is 0 Å². The highest BCUT2D eigenvalue weighted by molar-refractivity contribution is 7.15. The van der Waals surface area contributed by atoms with E-state index in [1.807, 2.05) is 0 Å². The number of anilines is 1. The van der Waals surface area contributed by atoms with Crippen molar-refractivity contribution in [1.29, 1.82) is 0 Å². The molecule has 176 valence electrons. The molecule has 2 aromatic carbocycles. The maximum atomic E-state index is 4.96. The fraction of sp³-hybridized carbons (Fsp3) is 0.393. The van der Waals surface area contributed by atoms with E-state index in [0.29, 0.717) is 0 Å². The number of fused-ring (bicyclic) bond motifs is 1. The molecule has 0 spiro atoms. The van der Waals surface area contributed by atoms with E-state index in [0.717, 1.165) is 39.9 Å². The zero-order valence-corrected chi connectivity index (χ0v) is 21.7. The lowest BCUT2D eigenvalue weighted by atomic mass is 9.80. The summed E-state index contributed by atoms with van der Waals surface area (Å²) in [5.74, 6) is 1.04. The quantitative estimate of drug-likeness (QED) is 0.340. The van der Waals surface area contributed by atoms with E-state index in [2.05, 4.69) is 106 Å². The van der Waals surface area contributed by atoms with Crippen molar-refractivity contribution in [2.45, 2.75) is 71.4 Å². The van der Waals surface area contributed by atoms with Gasteiger partial charge in [0.05, 0.1) is 22.8 Å². The van der Waals surface area contributed by atoms with Crippen LogP contribution in [0.4, 0.5) is 5.82 Å². The predicted molar refractivity (Wildman–Crippen MR) is 141 cm³/mol. The molecule has 5 rings (SSSR count). The lowest BCUT2D eigenvalue weighted by molar-refractivity contribution is 0.263. The topological polar surface area (TPSA) is 55.6 Å². The summed E-state index contributed by atoms with van der Waals surface area (Å²) in [6, 6.07) is 19.7. The summed E-state index contributed by atoms with van der Waals surface area (Å²) in [6.07, 6.45) is 1.92. The molecule has 6 heteroatoms. The van der Waals surface area contributed by atoms with Gasteiger partial charge in [-0.15, -0.1) is 10.2 Å². The van der Waals surface area contributed by atoms with Gasteiger partial charge in [-0.2, -0.15) is 5.10 Å². The molecule has 2 aromatic heterocycles. The van der Waals surface area contributed by atoms with Crippen LogP contribution in [0.25, 0.3) is 10.6 Å². The summed E-state index contributed by atoms with van der Waals surface area (Å²) in [6.45, 7) is 13.2. The third-order valence-corrected chi connectivity index (χ3v) is 8.56. The molecule has 2 unspecified atom stereocenters. The zero-order valence-electron chi connectivity index (χ0n) is 20.9. The van der Waals surface area contributed by atoms with Crippen LogP contribution in [-0.4, -0.2) is 20.0 Å². The fourth-order valence-electron chi connectivity index (χ4n) is 4.99. The molecule has 0 amide bonds. The number of hydrogen-bond acceptors (Lipinski definition) is 5. The van der Waals surface area contributed by atoms with Crippen LogP contribution in [0.5, 0.6) is 0 Å². The number of aryl methyl sites for hydroxylation is 2. The van der Waals surface area contributed by atoms with Crippen LogP contribution < -0.4 is 5.32 Å². The summed E-state index contributed by atoms with van der Waals surface area (Å²) in [4.78, 5) is 0. The second kappa shape index (κ2) is 8.35. The monoisotopic (exact) mass is 471 g/mol. The largest absolute Gasteiger partial charge is 0.363 e. The maximum Gasteiger partial charge on any atom is 0.153 e. The van der Waals surface area contributed by atoms with Gasteiger partial charge in [0, 0.05) is 5.41 Å². The van der Waals surface area contributed by atoms with Crippen molar-refractivity contribution in [3.05, 3.63) is 82.0 Å². The third-order valence-electron chi connectivity index (χ3n) is 7.36. The minimum absolute atomic E-state index is 0.114. The molecule has 5 nitrogen and oxygen atoms in total. The lowest BCUT2D eigenvalue weighted by Gasteiger charge is -2.38. The molecule has 0 saturated carbocycles. The Labute approximate surface area is 206 Å². The van der Waals surface area contributed by atoms with Crippen molar-refractivity contribution in [3.63, 3.8) is 0 Å². The van der Waals surface area contributed by atoms with E-state index in [-0.39, 0.29) is 17.0 Å². The Morgan fingerprint density at radius 1 is 1.06 bits per heavy atom. The Bertz CT molecular complexity index is 1300. The molecule has 1 N–H and O–H groups in total. The highest BCUT2D eigenvalue weighted by Gasteiger charge is 2.38. The number of aromatic nitrogens is 4. The Kier molecular flexibility index (Phi) is 5.59. The highest BCUT2D eigenvalue weighted by atomic mass is 32.1. The molecule has 34 heavy (non-hydrogen) atoms. The molecular weight excluding hydrogens is 438 g/mol. The van der Waals surface area contributed by atoms with Crippen molar-refractivity contribution in [3.8, 4) is 10.6 Å². The fourth-order valence-corrected chi connectivity index (χ4v) is 6.17. The highest BCUT2D eigenvalue weighted by Crippen LogP contribution is 2.46. The summed E-state index contributed by atoms with van der Waals surface area (Å²) < 4.78 is 2.15. The van der Waals surface area contributed by atoms with Crippen LogP contribution in [0.1, 0.15) is 74.0 Å². The van der Waals surface area contributed by atoms with Gasteiger partial charge in [-0.25, -0.2) is 4.68 Å². The first kappa shape index (κ1) is 22.8. The lowest BCUT2D eigenvalue weighted by Crippen LogP contribution is -2.37. The minimum Gasteiger partial charge on any atom is -0.363 e. The number of benzene rings is 2. The number of nitrogens with zero attached hydrogens (tertiary/aromatic N) is 4. The van der Waals surface area contributed by atoms with Crippen LogP contribution in [0.2, 0.25) is 0 Å². The molecule has 0 aliphatic carbocycles. The first-order valence-electron chi connectivity index (χ1n) is 12.1. The summed E-state index contributed by atoms with van der Waals surface area (Å²) in [7, 11) is 0. The van der Waals surface area contributed by atoms with Gasteiger partial charge < -0.3 is 5.32 Å². The SMILES string of the molecule is CCC(C)(c1ccc(C)cc1)c1nnc(-c2c(C)nn3c2NC(c2ccccc2)CC3(C)C)s1. The van der Waals surface area contributed by atoms with Crippen molar-refractivity contribution in [1.82, 2.24) is 20.0 Å². The molecule has 0 radical (unpaired) electrons. The second-order valence-corrected chi connectivity index (χ2v) is 11.3. The first-order valence-corrected chi connectivity index (χ1v) is 12.9. The van der Waals surface area contributed by atoms with Gasteiger partial charge in [0.2, 0.25) is 0 Å². The van der Waals surface area contributed by atoms with E-state index in [1.54, 1.807) is 11.3 Å². The first-order chi connectivity index (χ1) is 16.2. The van der Waals surface area contributed by atoms with Gasteiger partial charge in [0.25, 0.3) is 0 Å². The van der Waals surface area contributed by atoms with Crippen molar-refractivity contribution < 1.29 is 0 Å². The van der Waals surface area contributed by atoms with E-state index >= 15 is 0 Å². The van der Waals surface area contributed by atoms with Crippen LogP contribution in [-0.2, 0) is 11.0 Å². The standard InChI is InChI=1S/C28H33N5S/c1-7-28(6,21-15-13-18(2)14-16-21)26-31-30-25(34-26)23-19(3)32-33-24(23)29-22(17-27(33,4)5)20-11-9-8-10-12-20/h8-16,22,29H,7,17H2,1-6H3. The summed E-state index contributed by atoms with van der Waals surface area (Å²) in [5, 5.41) is 20.2. The smallest absolute Gasteiger partial charge is 0.153 e.